The summed E-state index contributed by atoms with van der Waals surface area (Å²) in [7, 11) is 0. The van der Waals surface area contributed by atoms with E-state index in [4.69, 9.17) is 24.7 Å². The summed E-state index contributed by atoms with van der Waals surface area (Å²) in [5.74, 6) is -1.08. The van der Waals surface area contributed by atoms with E-state index < -0.39 is 36.0 Å². The van der Waals surface area contributed by atoms with Gasteiger partial charge in [0.15, 0.2) is 0 Å². The first-order chi connectivity index (χ1) is 21.2. The monoisotopic (exact) mass is 624 g/mol. The molecule has 0 saturated heterocycles. The smallest absolute Gasteiger partial charge is 0.334 e. The zero-order chi connectivity index (χ0) is 31.9. The van der Waals surface area contributed by atoms with Crippen molar-refractivity contribution in [3.63, 3.8) is 0 Å². The van der Waals surface area contributed by atoms with Crippen LogP contribution in [-0.2, 0) is 23.9 Å². The Bertz CT molecular complexity index is 1340. The number of hydrogen-bond acceptors (Lipinski definition) is 10. The quantitative estimate of drug-likeness (QED) is 0.0800. The van der Waals surface area contributed by atoms with Crippen LogP contribution < -0.4 is 25.3 Å². The lowest BCUT2D eigenvalue weighted by Gasteiger charge is -2.22. The molecule has 3 rings (SSSR count). The summed E-state index contributed by atoms with van der Waals surface area (Å²) in [5.41, 5.74) is 7.44. The molecule has 3 unspecified atom stereocenters. The number of fused-ring (bicyclic) bond motifs is 1. The number of hydrogen-bond donors (Lipinski definition) is 3. The molecule has 0 aliphatic carbocycles. The van der Waals surface area contributed by atoms with Crippen molar-refractivity contribution in [2.24, 2.45) is 5.73 Å². The fraction of sp³-hybridized carbons (Fsp3) is 0.394. The minimum Gasteiger partial charge on any atom is -0.489 e. The first kappa shape index (κ1) is 34.4. The van der Waals surface area contributed by atoms with Gasteiger partial charge in [-0.1, -0.05) is 50.8 Å². The van der Waals surface area contributed by atoms with Crippen LogP contribution in [0.5, 0.6) is 17.2 Å². The Balaban J connectivity index is 1.43. The molecule has 0 radical (unpaired) electrons. The number of thiol groups is 1. The number of carbonyl (C=O) groups is 4. The maximum Gasteiger partial charge on any atom is 0.334 e. The van der Waals surface area contributed by atoms with E-state index in [1.54, 1.807) is 42.5 Å². The molecule has 0 saturated carbocycles. The molecule has 1 heterocycles. The molecule has 0 fully saturated rings. The van der Waals surface area contributed by atoms with Gasteiger partial charge < -0.3 is 30.0 Å². The van der Waals surface area contributed by atoms with Crippen LogP contribution in [0.25, 0.3) is 12.2 Å². The van der Waals surface area contributed by atoms with Crippen LogP contribution in [0.2, 0.25) is 0 Å². The van der Waals surface area contributed by atoms with E-state index >= 15 is 0 Å². The van der Waals surface area contributed by atoms with Gasteiger partial charge in [0.1, 0.15) is 42.0 Å². The summed E-state index contributed by atoms with van der Waals surface area (Å²) in [5, 5.41) is 2.50. The van der Waals surface area contributed by atoms with E-state index in [2.05, 4.69) is 24.9 Å². The summed E-state index contributed by atoms with van der Waals surface area (Å²) >= 11 is 4.15. The zero-order valence-corrected chi connectivity index (χ0v) is 25.9. The molecule has 1 amide bonds. The van der Waals surface area contributed by atoms with Crippen LogP contribution in [0.1, 0.15) is 63.5 Å². The first-order valence-electron chi connectivity index (χ1n) is 14.7. The van der Waals surface area contributed by atoms with Crippen LogP contribution in [0.4, 0.5) is 0 Å². The van der Waals surface area contributed by atoms with E-state index in [1.165, 1.54) is 25.5 Å². The summed E-state index contributed by atoms with van der Waals surface area (Å²) in [6.07, 6.45) is 11.0. The van der Waals surface area contributed by atoms with Crippen molar-refractivity contribution in [3.8, 4) is 17.2 Å². The summed E-state index contributed by atoms with van der Waals surface area (Å²) in [4.78, 5) is 49.8. The molecule has 2 aromatic carbocycles. The van der Waals surface area contributed by atoms with Crippen molar-refractivity contribution >= 4 is 48.6 Å². The third kappa shape index (κ3) is 11.2. The third-order valence-electron chi connectivity index (χ3n) is 6.73. The fourth-order valence-corrected chi connectivity index (χ4v) is 4.41. The van der Waals surface area contributed by atoms with Gasteiger partial charge in [0.05, 0.1) is 0 Å². The van der Waals surface area contributed by atoms with Crippen LogP contribution in [0, 0.1) is 0 Å². The van der Waals surface area contributed by atoms with Gasteiger partial charge in [-0.25, -0.2) is 9.59 Å². The highest BCUT2D eigenvalue weighted by Gasteiger charge is 2.29. The van der Waals surface area contributed by atoms with E-state index in [-0.39, 0.29) is 17.5 Å². The minimum atomic E-state index is -1.26. The Morgan fingerprint density at radius 1 is 1.02 bits per heavy atom. The lowest BCUT2D eigenvalue weighted by molar-refractivity contribution is -0.146. The van der Waals surface area contributed by atoms with Crippen molar-refractivity contribution in [2.45, 2.75) is 70.6 Å². The molecular weight excluding hydrogens is 584 g/mol. The van der Waals surface area contributed by atoms with E-state index in [0.29, 0.717) is 30.1 Å². The highest BCUT2D eigenvalue weighted by atomic mass is 32.1. The first-order valence-corrected chi connectivity index (χ1v) is 15.3. The van der Waals surface area contributed by atoms with Crippen molar-refractivity contribution in [2.75, 3.05) is 12.4 Å². The van der Waals surface area contributed by atoms with Gasteiger partial charge in [0.2, 0.25) is 5.91 Å². The molecule has 0 spiro atoms. The molecule has 44 heavy (non-hydrogen) atoms. The van der Waals surface area contributed by atoms with E-state index in [1.807, 2.05) is 12.2 Å². The SMILES string of the molecule is CCCCCCCC(=O)Oc1ccc(/C=C/C(=O)OC(C)C(N)C(=O)NC(CS)C(=O)Oc2ccc3c(c2)C=CCO3)cc1. The Morgan fingerprint density at radius 2 is 1.75 bits per heavy atom. The van der Waals surface area contributed by atoms with E-state index in [9.17, 15) is 19.2 Å². The number of unbranched alkanes of at least 4 members (excludes halogenated alkanes) is 4. The molecule has 11 heteroatoms. The topological polar surface area (TPSA) is 143 Å². The number of esters is 3. The predicted molar refractivity (Wildman–Crippen MR) is 170 cm³/mol. The molecule has 0 bridgehead atoms. The average Bonchev–Trinajstić information content (AvgIpc) is 3.02. The number of nitrogens with two attached hydrogens (primary N) is 1. The van der Waals surface area contributed by atoms with Gasteiger partial charge >= 0.3 is 17.9 Å². The van der Waals surface area contributed by atoms with Gasteiger partial charge in [0.25, 0.3) is 0 Å². The highest BCUT2D eigenvalue weighted by molar-refractivity contribution is 7.80. The summed E-state index contributed by atoms with van der Waals surface area (Å²) in [6.45, 7) is 4.08. The van der Waals surface area contributed by atoms with Crippen molar-refractivity contribution < 1.29 is 38.1 Å². The maximum atomic E-state index is 12.7. The van der Waals surface area contributed by atoms with Gasteiger partial charge in [-0.05, 0) is 61.4 Å². The predicted octanol–water partition coefficient (Wildman–Crippen LogP) is 4.65. The number of nitrogens with one attached hydrogen (secondary N) is 1. The second kappa shape index (κ2) is 17.9. The number of carbonyl (C=O) groups excluding carboxylic acids is 4. The van der Waals surface area contributed by atoms with Crippen LogP contribution in [-0.4, -0.2) is 54.4 Å². The lowest BCUT2D eigenvalue weighted by Crippen LogP contribution is -2.54. The van der Waals surface area contributed by atoms with Crippen LogP contribution >= 0.6 is 12.6 Å². The molecule has 3 N–H and O–H groups in total. The Kier molecular flexibility index (Phi) is 14.0. The van der Waals surface area contributed by atoms with Gasteiger partial charge in [-0.15, -0.1) is 0 Å². The normalized spacial score (nSPS) is 14.1. The number of benzene rings is 2. The van der Waals surface area contributed by atoms with Crippen LogP contribution in [0.15, 0.2) is 54.6 Å². The van der Waals surface area contributed by atoms with Gasteiger partial charge in [0, 0.05) is 23.8 Å². The third-order valence-corrected chi connectivity index (χ3v) is 7.10. The van der Waals surface area contributed by atoms with Crippen molar-refractivity contribution in [3.05, 3.63) is 65.7 Å². The molecule has 10 nitrogen and oxygen atoms in total. The number of ether oxygens (including phenoxy) is 4. The Labute approximate surface area is 263 Å². The zero-order valence-electron chi connectivity index (χ0n) is 25.0. The number of amides is 1. The van der Waals surface area contributed by atoms with Crippen molar-refractivity contribution in [1.29, 1.82) is 0 Å². The molecule has 3 atom stereocenters. The molecule has 0 aromatic heterocycles. The van der Waals surface area contributed by atoms with Crippen LogP contribution in [0.3, 0.4) is 0 Å². The average molecular weight is 625 g/mol. The van der Waals surface area contributed by atoms with Gasteiger partial charge in [-0.3, -0.25) is 9.59 Å². The summed E-state index contributed by atoms with van der Waals surface area (Å²) in [6, 6.07) is 9.27. The Hall–Kier alpha value is -4.09. The largest absolute Gasteiger partial charge is 0.489 e. The lowest BCUT2D eigenvalue weighted by atomic mass is 10.1. The molecular formula is C33H40N2O8S. The fourth-order valence-electron chi connectivity index (χ4n) is 4.17. The Morgan fingerprint density at radius 3 is 2.48 bits per heavy atom. The maximum absolute atomic E-state index is 12.7. The summed E-state index contributed by atoms with van der Waals surface area (Å²) < 4.78 is 21.5. The standard InChI is InChI=1S/C33H40N2O8S/c1-3-4-5-6-7-10-29(36)42-25-14-11-23(12-15-25)13-18-30(37)41-22(2)31(34)32(38)35-27(21-44)33(39)43-26-16-17-28-24(20-26)9-8-19-40-28/h8-9,11-18,20,22,27,31,44H,3-7,10,19,21,34H2,1-2H3,(H,35,38)/b18-13+. The molecule has 1 aliphatic rings. The second-order valence-electron chi connectivity index (χ2n) is 10.3. The minimum absolute atomic E-state index is 0.0425. The number of rotatable bonds is 16. The van der Waals surface area contributed by atoms with Crippen molar-refractivity contribution in [1.82, 2.24) is 5.32 Å². The highest BCUT2D eigenvalue weighted by Crippen LogP contribution is 2.28. The molecule has 1 aliphatic heterocycles. The van der Waals surface area contributed by atoms with E-state index in [0.717, 1.165) is 31.2 Å². The molecule has 2 aromatic rings. The molecule has 236 valence electrons. The van der Waals surface area contributed by atoms with Gasteiger partial charge in [-0.2, -0.15) is 12.6 Å². The second-order valence-corrected chi connectivity index (χ2v) is 10.7.